The van der Waals surface area contributed by atoms with Gasteiger partial charge in [-0.1, -0.05) is 36.4 Å². The molecule has 0 amide bonds. The van der Waals surface area contributed by atoms with Crippen molar-refractivity contribution >= 4 is 0 Å². The molecule has 3 unspecified atom stereocenters. The van der Waals surface area contributed by atoms with Crippen LogP contribution in [0.25, 0.3) is 0 Å². The lowest BCUT2D eigenvalue weighted by atomic mass is 9.81. The molecule has 0 aliphatic heterocycles. The first kappa shape index (κ1) is 12.3. The summed E-state index contributed by atoms with van der Waals surface area (Å²) in [4.78, 5) is 0. The zero-order valence-corrected chi connectivity index (χ0v) is 11.3. The smallest absolute Gasteiger partial charge is 0.191 e. The standard InChI is InChI=1S/C14H19N5/c1-9-7-8-13(12-6-4-3-5-11(9)12)15-10(2)14-16-18-19-17-14/h3-6,9-10,13,15H,7-8H2,1-2H3,(H,16,17,18,19). The Labute approximate surface area is 112 Å². The lowest BCUT2D eigenvalue weighted by molar-refractivity contribution is 0.388. The molecule has 3 atom stereocenters. The van der Waals surface area contributed by atoms with Gasteiger partial charge in [0.15, 0.2) is 5.82 Å². The summed E-state index contributed by atoms with van der Waals surface area (Å²) in [7, 11) is 0. The Morgan fingerprint density at radius 3 is 2.79 bits per heavy atom. The maximum absolute atomic E-state index is 4.04. The molecule has 19 heavy (non-hydrogen) atoms. The van der Waals surface area contributed by atoms with Crippen LogP contribution in [0, 0.1) is 0 Å². The molecule has 3 rings (SSSR count). The summed E-state index contributed by atoms with van der Waals surface area (Å²) in [6, 6.07) is 9.19. The molecule has 1 aliphatic rings. The second-order valence-corrected chi connectivity index (χ2v) is 5.32. The minimum atomic E-state index is 0.102. The van der Waals surface area contributed by atoms with Crippen molar-refractivity contribution in [2.75, 3.05) is 0 Å². The Bertz CT molecular complexity index is 537. The predicted octanol–water partition coefficient (Wildman–Crippen LogP) is 2.49. The van der Waals surface area contributed by atoms with Crippen molar-refractivity contribution in [3.63, 3.8) is 0 Å². The van der Waals surface area contributed by atoms with Crippen molar-refractivity contribution in [3.05, 3.63) is 41.2 Å². The number of nitrogens with zero attached hydrogens (tertiary/aromatic N) is 3. The Morgan fingerprint density at radius 1 is 1.26 bits per heavy atom. The van der Waals surface area contributed by atoms with E-state index in [0.717, 1.165) is 12.2 Å². The second kappa shape index (κ2) is 5.09. The van der Waals surface area contributed by atoms with E-state index in [1.807, 2.05) is 0 Å². The molecule has 5 nitrogen and oxygen atoms in total. The molecule has 1 aromatic heterocycles. The molecule has 1 heterocycles. The molecule has 1 aromatic carbocycles. The third-order valence-electron chi connectivity index (χ3n) is 3.99. The van der Waals surface area contributed by atoms with Gasteiger partial charge >= 0.3 is 0 Å². The quantitative estimate of drug-likeness (QED) is 0.886. The van der Waals surface area contributed by atoms with E-state index in [2.05, 4.69) is 64.1 Å². The van der Waals surface area contributed by atoms with E-state index in [9.17, 15) is 0 Å². The molecule has 0 saturated carbocycles. The number of fused-ring (bicyclic) bond motifs is 1. The summed E-state index contributed by atoms with van der Waals surface area (Å²) < 4.78 is 0. The average molecular weight is 257 g/mol. The second-order valence-electron chi connectivity index (χ2n) is 5.32. The van der Waals surface area contributed by atoms with Gasteiger partial charge in [-0.05, 0) is 36.8 Å². The number of nitrogens with one attached hydrogen (secondary N) is 2. The first-order chi connectivity index (χ1) is 9.25. The number of rotatable bonds is 3. The van der Waals surface area contributed by atoms with Gasteiger partial charge in [-0.2, -0.15) is 5.21 Å². The van der Waals surface area contributed by atoms with Crippen LogP contribution in [-0.2, 0) is 0 Å². The van der Waals surface area contributed by atoms with Gasteiger partial charge in [-0.25, -0.2) is 0 Å². The SMILES string of the molecule is CC1CCC(NC(C)c2nn[nH]n2)c2ccccc21. The van der Waals surface area contributed by atoms with Crippen molar-refractivity contribution in [2.24, 2.45) is 0 Å². The first-order valence-corrected chi connectivity index (χ1v) is 6.84. The molecule has 2 aromatic rings. The molecule has 2 N–H and O–H groups in total. The number of hydrogen-bond donors (Lipinski definition) is 2. The highest BCUT2D eigenvalue weighted by Gasteiger charge is 2.26. The molecular weight excluding hydrogens is 238 g/mol. The summed E-state index contributed by atoms with van der Waals surface area (Å²) in [5.74, 6) is 1.37. The number of benzene rings is 1. The van der Waals surface area contributed by atoms with E-state index in [0.29, 0.717) is 12.0 Å². The van der Waals surface area contributed by atoms with Crippen molar-refractivity contribution in [1.29, 1.82) is 0 Å². The molecular formula is C14H19N5. The Morgan fingerprint density at radius 2 is 2.05 bits per heavy atom. The number of H-pyrrole nitrogens is 1. The zero-order chi connectivity index (χ0) is 13.2. The summed E-state index contributed by atoms with van der Waals surface area (Å²) >= 11 is 0. The third kappa shape index (κ3) is 2.38. The van der Waals surface area contributed by atoms with Gasteiger partial charge in [0.1, 0.15) is 0 Å². The van der Waals surface area contributed by atoms with Crippen LogP contribution in [0.1, 0.15) is 61.6 Å². The largest absolute Gasteiger partial charge is 0.300 e. The molecule has 0 saturated heterocycles. The maximum atomic E-state index is 4.04. The number of hydrogen-bond acceptors (Lipinski definition) is 4. The molecule has 100 valence electrons. The summed E-state index contributed by atoms with van der Waals surface area (Å²) in [6.45, 7) is 4.38. The molecule has 1 aliphatic carbocycles. The highest BCUT2D eigenvalue weighted by molar-refractivity contribution is 5.35. The van der Waals surface area contributed by atoms with Crippen molar-refractivity contribution in [2.45, 2.75) is 44.7 Å². The fourth-order valence-corrected chi connectivity index (χ4v) is 2.91. The van der Waals surface area contributed by atoms with Gasteiger partial charge in [0.05, 0.1) is 6.04 Å². The number of tetrazole rings is 1. The van der Waals surface area contributed by atoms with Crippen LogP contribution >= 0.6 is 0 Å². The van der Waals surface area contributed by atoms with Crippen molar-refractivity contribution in [1.82, 2.24) is 25.9 Å². The normalized spacial score (nSPS) is 23.9. The third-order valence-corrected chi connectivity index (χ3v) is 3.99. The van der Waals surface area contributed by atoms with Crippen LogP contribution in [0.3, 0.4) is 0 Å². The Balaban J connectivity index is 1.81. The topological polar surface area (TPSA) is 66.5 Å². The molecule has 5 heteroatoms. The van der Waals surface area contributed by atoms with Crippen LogP contribution < -0.4 is 5.32 Å². The van der Waals surface area contributed by atoms with E-state index < -0.39 is 0 Å². The van der Waals surface area contributed by atoms with Gasteiger partial charge < -0.3 is 5.32 Å². The predicted molar refractivity (Wildman–Crippen MR) is 72.6 cm³/mol. The highest BCUT2D eigenvalue weighted by atomic mass is 15.5. The van der Waals surface area contributed by atoms with Gasteiger partial charge in [-0.3, -0.25) is 0 Å². The lowest BCUT2D eigenvalue weighted by Gasteiger charge is -2.31. The maximum Gasteiger partial charge on any atom is 0.191 e. The van der Waals surface area contributed by atoms with Gasteiger partial charge in [-0.15, -0.1) is 10.2 Å². The van der Waals surface area contributed by atoms with Crippen molar-refractivity contribution in [3.8, 4) is 0 Å². The van der Waals surface area contributed by atoms with Gasteiger partial charge in [0, 0.05) is 6.04 Å². The fraction of sp³-hybridized carbons (Fsp3) is 0.500. The Hall–Kier alpha value is -1.75. The van der Waals surface area contributed by atoms with E-state index in [-0.39, 0.29) is 6.04 Å². The summed E-state index contributed by atoms with van der Waals surface area (Å²) in [5.41, 5.74) is 2.88. The fourth-order valence-electron chi connectivity index (χ4n) is 2.91. The molecule has 0 spiro atoms. The van der Waals surface area contributed by atoms with Gasteiger partial charge in [0.2, 0.25) is 0 Å². The van der Waals surface area contributed by atoms with Crippen LogP contribution in [0.2, 0.25) is 0 Å². The first-order valence-electron chi connectivity index (χ1n) is 6.84. The summed E-state index contributed by atoms with van der Waals surface area (Å²) in [5, 5.41) is 17.8. The van der Waals surface area contributed by atoms with Crippen LogP contribution in [0.4, 0.5) is 0 Å². The molecule has 0 fully saturated rings. The van der Waals surface area contributed by atoms with Crippen LogP contribution in [-0.4, -0.2) is 20.6 Å². The van der Waals surface area contributed by atoms with Crippen LogP contribution in [0.5, 0.6) is 0 Å². The zero-order valence-electron chi connectivity index (χ0n) is 11.3. The number of aromatic nitrogens is 4. The minimum Gasteiger partial charge on any atom is -0.300 e. The van der Waals surface area contributed by atoms with Crippen molar-refractivity contribution < 1.29 is 0 Å². The minimum absolute atomic E-state index is 0.102. The summed E-state index contributed by atoms with van der Waals surface area (Å²) in [6.07, 6.45) is 2.37. The lowest BCUT2D eigenvalue weighted by Crippen LogP contribution is -2.29. The van der Waals surface area contributed by atoms with Gasteiger partial charge in [0.25, 0.3) is 0 Å². The van der Waals surface area contributed by atoms with Crippen LogP contribution in [0.15, 0.2) is 24.3 Å². The average Bonchev–Trinajstić information content (AvgIpc) is 2.96. The monoisotopic (exact) mass is 257 g/mol. The number of aromatic amines is 1. The van der Waals surface area contributed by atoms with E-state index in [1.54, 1.807) is 0 Å². The molecule has 0 radical (unpaired) electrons. The van der Waals surface area contributed by atoms with E-state index >= 15 is 0 Å². The van der Waals surface area contributed by atoms with E-state index in [4.69, 9.17) is 0 Å². The Kier molecular flexibility index (Phi) is 3.29. The van der Waals surface area contributed by atoms with E-state index in [1.165, 1.54) is 17.5 Å². The highest BCUT2D eigenvalue weighted by Crippen LogP contribution is 2.37. The molecule has 0 bridgehead atoms.